The van der Waals surface area contributed by atoms with E-state index >= 15 is 0 Å². The highest BCUT2D eigenvalue weighted by Crippen LogP contribution is 2.37. The number of H-pyrrole nitrogens is 1. The summed E-state index contributed by atoms with van der Waals surface area (Å²) in [5.74, 6) is 1.71. The van der Waals surface area contributed by atoms with Crippen molar-refractivity contribution in [3.63, 3.8) is 0 Å². The lowest BCUT2D eigenvalue weighted by Gasteiger charge is -2.15. The first-order chi connectivity index (χ1) is 15.1. The molecule has 0 amide bonds. The van der Waals surface area contributed by atoms with Crippen molar-refractivity contribution in [3.05, 3.63) is 43.0 Å². The number of fused-ring (bicyclic) bond motifs is 1. The maximum absolute atomic E-state index is 10.5. The average molecular weight is 423 g/mol. The van der Waals surface area contributed by atoms with Gasteiger partial charge in [-0.25, -0.2) is 19.6 Å². The molecule has 11 heteroatoms. The van der Waals surface area contributed by atoms with Crippen molar-refractivity contribution < 1.29 is 19.7 Å². The number of anilines is 2. The molecule has 1 aliphatic rings. The molecule has 5 rings (SSSR count). The minimum Gasteiger partial charge on any atom is -0.497 e. The third-order valence-corrected chi connectivity index (χ3v) is 5.31. The molecule has 1 fully saturated rings. The second kappa shape index (κ2) is 7.61. The van der Waals surface area contributed by atoms with E-state index in [4.69, 9.17) is 14.6 Å². The van der Waals surface area contributed by atoms with E-state index in [2.05, 4.69) is 25.3 Å². The summed E-state index contributed by atoms with van der Waals surface area (Å²) in [6.45, 7) is 1.70. The number of methoxy groups -OCH3 is 1. The number of ether oxygens (including phenoxy) is 2. The van der Waals surface area contributed by atoms with Crippen molar-refractivity contribution in [1.29, 1.82) is 0 Å². The summed E-state index contributed by atoms with van der Waals surface area (Å²) in [6.07, 6.45) is 1.08. The van der Waals surface area contributed by atoms with Crippen LogP contribution in [0.2, 0.25) is 0 Å². The molecule has 3 aromatic heterocycles. The number of aliphatic hydroxyl groups excluding tert-OH is 2. The van der Waals surface area contributed by atoms with E-state index < -0.39 is 24.5 Å². The molecule has 160 valence electrons. The Hall–Kier alpha value is -3.54. The van der Waals surface area contributed by atoms with Gasteiger partial charge in [-0.05, 0) is 31.2 Å². The van der Waals surface area contributed by atoms with Crippen LogP contribution in [-0.4, -0.2) is 65.4 Å². The Bertz CT molecular complexity index is 1190. The fraction of sp³-hybridized carbons (Fsp3) is 0.300. The molecule has 31 heavy (non-hydrogen) atoms. The monoisotopic (exact) mass is 423 g/mol. The summed E-state index contributed by atoms with van der Waals surface area (Å²) in [5.41, 5.74) is 1.82. The molecule has 0 unspecified atom stereocenters. The third kappa shape index (κ3) is 3.28. The Balaban J connectivity index is 1.70. The van der Waals surface area contributed by atoms with Gasteiger partial charge in [0.05, 0.1) is 18.6 Å². The van der Waals surface area contributed by atoms with Crippen molar-refractivity contribution in [3.8, 4) is 17.0 Å². The highest BCUT2D eigenvalue weighted by atomic mass is 16.6. The topological polar surface area (TPSA) is 143 Å². The van der Waals surface area contributed by atoms with Gasteiger partial charge in [-0.2, -0.15) is 5.10 Å². The Morgan fingerprint density at radius 2 is 1.94 bits per heavy atom. The van der Waals surface area contributed by atoms with E-state index in [1.807, 2.05) is 24.3 Å². The van der Waals surface area contributed by atoms with Gasteiger partial charge in [-0.3, -0.25) is 0 Å². The second-order valence-electron chi connectivity index (χ2n) is 7.22. The van der Waals surface area contributed by atoms with Gasteiger partial charge in [0.2, 0.25) is 5.95 Å². The molecule has 1 aromatic carbocycles. The normalized spacial score (nSPS) is 23.4. The van der Waals surface area contributed by atoms with Gasteiger partial charge in [-0.1, -0.05) is 0 Å². The summed E-state index contributed by atoms with van der Waals surface area (Å²) in [7, 11) is 1.60. The zero-order valence-electron chi connectivity index (χ0n) is 16.8. The number of aliphatic hydroxyl groups is 2. The maximum atomic E-state index is 10.5. The van der Waals surface area contributed by atoms with E-state index in [1.54, 1.807) is 26.4 Å². The minimum atomic E-state index is -1.15. The average Bonchev–Trinajstić information content (AvgIpc) is 3.50. The fourth-order valence-electron chi connectivity index (χ4n) is 3.67. The number of nitrogens with one attached hydrogen (secondary N) is 2. The Kier molecular flexibility index (Phi) is 4.77. The molecular formula is C20H21N7O4. The van der Waals surface area contributed by atoms with Crippen LogP contribution >= 0.6 is 0 Å². The zero-order chi connectivity index (χ0) is 21.5. The van der Waals surface area contributed by atoms with Crippen LogP contribution in [0.4, 0.5) is 11.8 Å². The van der Waals surface area contributed by atoms with E-state index in [0.29, 0.717) is 34.2 Å². The van der Waals surface area contributed by atoms with Crippen LogP contribution < -0.4 is 10.1 Å². The molecule has 0 radical (unpaired) electrons. The fourth-order valence-corrected chi connectivity index (χ4v) is 3.67. The summed E-state index contributed by atoms with van der Waals surface area (Å²) >= 11 is 0. The van der Waals surface area contributed by atoms with E-state index in [-0.39, 0.29) is 0 Å². The van der Waals surface area contributed by atoms with Crippen LogP contribution in [0.25, 0.3) is 22.3 Å². The Morgan fingerprint density at radius 3 is 2.58 bits per heavy atom. The van der Waals surface area contributed by atoms with Gasteiger partial charge < -0.3 is 30.0 Å². The van der Waals surface area contributed by atoms with Crippen molar-refractivity contribution in [2.45, 2.75) is 31.5 Å². The van der Waals surface area contributed by atoms with E-state index in [9.17, 15) is 10.2 Å². The molecule has 4 aromatic rings. The summed E-state index contributed by atoms with van der Waals surface area (Å²) in [4.78, 5) is 16.0. The third-order valence-electron chi connectivity index (χ3n) is 5.31. The number of aromatic amines is 1. The van der Waals surface area contributed by atoms with Crippen molar-refractivity contribution in [2.75, 3.05) is 12.4 Å². The lowest BCUT2D eigenvalue weighted by molar-refractivity contribution is -0.0370. The van der Waals surface area contributed by atoms with Crippen LogP contribution in [0.5, 0.6) is 5.75 Å². The van der Waals surface area contributed by atoms with Crippen LogP contribution in [0.3, 0.4) is 0 Å². The molecular weight excluding hydrogens is 402 g/mol. The van der Waals surface area contributed by atoms with Crippen LogP contribution in [-0.2, 0) is 4.74 Å². The van der Waals surface area contributed by atoms with Crippen LogP contribution in [0.15, 0.2) is 43.0 Å². The van der Waals surface area contributed by atoms with Gasteiger partial charge in [0, 0.05) is 18.0 Å². The predicted molar refractivity (Wildman–Crippen MR) is 111 cm³/mol. The standard InChI is InChI=1S/C20H21N7O4/c1-10-15(28)16(29)19(31-10)27-18-13(14(26-27)11-3-5-12(30-2)6-4-11)17(23-9-24-18)25-20-21-7-8-22-20/h3-10,15-16,19,28-29H,1-2H3,(H2,21,22,23,24,25)/t10-,15-,16-,19-/m1/s1. The quantitative estimate of drug-likeness (QED) is 0.376. The molecule has 4 heterocycles. The highest BCUT2D eigenvalue weighted by Gasteiger charge is 2.43. The molecule has 1 aliphatic heterocycles. The van der Waals surface area contributed by atoms with Gasteiger partial charge in [0.1, 0.15) is 35.8 Å². The van der Waals surface area contributed by atoms with Gasteiger partial charge >= 0.3 is 0 Å². The molecule has 4 N–H and O–H groups in total. The Morgan fingerprint density at radius 1 is 1.13 bits per heavy atom. The number of benzene rings is 1. The largest absolute Gasteiger partial charge is 0.497 e. The van der Waals surface area contributed by atoms with Crippen molar-refractivity contribution in [1.82, 2.24) is 29.7 Å². The van der Waals surface area contributed by atoms with Gasteiger partial charge in [0.15, 0.2) is 11.9 Å². The number of nitrogens with zero attached hydrogens (tertiary/aromatic N) is 5. The van der Waals surface area contributed by atoms with Crippen LogP contribution in [0, 0.1) is 0 Å². The summed E-state index contributed by atoms with van der Waals surface area (Å²) < 4.78 is 12.5. The van der Waals surface area contributed by atoms with Gasteiger partial charge in [-0.15, -0.1) is 0 Å². The SMILES string of the molecule is COc1ccc(-c2nn([C@@H]3O[C@H](C)[C@@H](O)[C@H]3O)c3ncnc(Nc4ncc[nH]4)c23)cc1. The smallest absolute Gasteiger partial charge is 0.205 e. The first-order valence-corrected chi connectivity index (χ1v) is 9.72. The number of hydrogen-bond donors (Lipinski definition) is 4. The molecule has 0 spiro atoms. The predicted octanol–water partition coefficient (Wildman–Crippen LogP) is 1.61. The van der Waals surface area contributed by atoms with Gasteiger partial charge in [0.25, 0.3) is 0 Å². The first-order valence-electron chi connectivity index (χ1n) is 9.72. The molecule has 1 saturated heterocycles. The first kappa shape index (κ1) is 19.4. The lowest BCUT2D eigenvalue weighted by Crippen LogP contribution is -2.30. The van der Waals surface area contributed by atoms with Crippen molar-refractivity contribution in [2.24, 2.45) is 0 Å². The molecule has 0 aliphatic carbocycles. The van der Waals surface area contributed by atoms with E-state index in [0.717, 1.165) is 5.56 Å². The number of hydrogen-bond acceptors (Lipinski definition) is 9. The molecule has 0 bridgehead atoms. The van der Waals surface area contributed by atoms with Crippen LogP contribution in [0.1, 0.15) is 13.2 Å². The zero-order valence-corrected chi connectivity index (χ0v) is 16.8. The number of imidazole rings is 1. The number of aromatic nitrogens is 6. The lowest BCUT2D eigenvalue weighted by atomic mass is 10.1. The summed E-state index contributed by atoms with van der Waals surface area (Å²) in [6, 6.07) is 7.41. The summed E-state index contributed by atoms with van der Waals surface area (Å²) in [5, 5.41) is 29.2. The minimum absolute atomic E-state index is 0.445. The second-order valence-corrected chi connectivity index (χ2v) is 7.22. The van der Waals surface area contributed by atoms with Crippen molar-refractivity contribution >= 4 is 22.8 Å². The molecule has 4 atom stereocenters. The van der Waals surface area contributed by atoms with E-state index in [1.165, 1.54) is 11.0 Å². The number of rotatable bonds is 5. The highest BCUT2D eigenvalue weighted by molar-refractivity contribution is 5.99. The Labute approximate surface area is 176 Å². The maximum Gasteiger partial charge on any atom is 0.205 e. The molecule has 0 saturated carbocycles. The molecule has 11 nitrogen and oxygen atoms in total.